The normalized spacial score (nSPS) is 16.1. The zero-order valence-corrected chi connectivity index (χ0v) is 12.6. The van der Waals surface area contributed by atoms with Crippen molar-refractivity contribution in [2.45, 2.75) is 25.8 Å². The van der Waals surface area contributed by atoms with Gasteiger partial charge in [-0.2, -0.15) is 0 Å². The third-order valence-corrected chi connectivity index (χ3v) is 3.80. The molecule has 0 saturated carbocycles. The summed E-state index contributed by atoms with van der Waals surface area (Å²) in [5, 5.41) is 3.00. The van der Waals surface area contributed by atoms with Crippen molar-refractivity contribution in [2.24, 2.45) is 5.73 Å². The molecule has 1 aromatic rings. The number of nitrogens with zero attached hydrogens (tertiary/aromatic N) is 1. The molecule has 0 spiro atoms. The predicted octanol–water partition coefficient (Wildman–Crippen LogP) is 1.21. The number of likely N-dealkylation sites (tertiary alicyclic amines) is 1. The van der Waals surface area contributed by atoms with Crippen LogP contribution in [-0.4, -0.2) is 43.0 Å². The molecule has 4 heteroatoms. The molecule has 2 rings (SSSR count). The minimum Gasteiger partial charge on any atom is -0.350 e. The zero-order chi connectivity index (χ0) is 15.1. The van der Waals surface area contributed by atoms with Gasteiger partial charge in [0.2, 0.25) is 0 Å². The van der Waals surface area contributed by atoms with Crippen LogP contribution >= 0.6 is 0 Å². The van der Waals surface area contributed by atoms with Crippen molar-refractivity contribution in [3.8, 4) is 11.8 Å². The topological polar surface area (TPSA) is 58.4 Å². The van der Waals surface area contributed by atoms with Crippen molar-refractivity contribution >= 4 is 5.91 Å². The predicted molar refractivity (Wildman–Crippen MR) is 85.0 cm³/mol. The lowest BCUT2D eigenvalue weighted by molar-refractivity contribution is 0.0940. The average Bonchev–Trinajstić information content (AvgIpc) is 3.05. The molecule has 0 aliphatic carbocycles. The van der Waals surface area contributed by atoms with Crippen LogP contribution in [0.5, 0.6) is 0 Å². The molecule has 1 atom stereocenters. The molecule has 1 heterocycles. The Balaban J connectivity index is 1.85. The van der Waals surface area contributed by atoms with Gasteiger partial charge < -0.3 is 11.1 Å². The Labute approximate surface area is 126 Å². The molecule has 1 amide bonds. The third kappa shape index (κ3) is 4.59. The van der Waals surface area contributed by atoms with Gasteiger partial charge in [-0.25, -0.2) is 0 Å². The molecule has 112 valence electrons. The summed E-state index contributed by atoms with van der Waals surface area (Å²) < 4.78 is 0. The Morgan fingerprint density at radius 1 is 1.33 bits per heavy atom. The Kier molecular flexibility index (Phi) is 5.79. The number of hydrogen-bond acceptors (Lipinski definition) is 3. The van der Waals surface area contributed by atoms with E-state index in [4.69, 9.17) is 5.73 Å². The van der Waals surface area contributed by atoms with Crippen LogP contribution in [0.3, 0.4) is 0 Å². The van der Waals surface area contributed by atoms with Crippen molar-refractivity contribution in [1.82, 2.24) is 10.2 Å². The smallest absolute Gasteiger partial charge is 0.251 e. The molecule has 1 aromatic carbocycles. The Bertz CT molecular complexity index is 521. The van der Waals surface area contributed by atoms with Crippen LogP contribution in [0.4, 0.5) is 0 Å². The van der Waals surface area contributed by atoms with Gasteiger partial charge in [-0.15, -0.1) is 0 Å². The van der Waals surface area contributed by atoms with Gasteiger partial charge in [0.15, 0.2) is 0 Å². The highest BCUT2D eigenvalue weighted by Crippen LogP contribution is 2.11. The summed E-state index contributed by atoms with van der Waals surface area (Å²) in [6.07, 6.45) is 2.53. The van der Waals surface area contributed by atoms with Crippen molar-refractivity contribution in [2.75, 3.05) is 26.2 Å². The van der Waals surface area contributed by atoms with E-state index in [1.54, 1.807) is 12.1 Å². The zero-order valence-electron chi connectivity index (χ0n) is 12.6. The maximum Gasteiger partial charge on any atom is 0.251 e. The van der Waals surface area contributed by atoms with E-state index < -0.39 is 0 Å². The molecule has 21 heavy (non-hydrogen) atoms. The van der Waals surface area contributed by atoms with Crippen LogP contribution in [-0.2, 0) is 0 Å². The lowest BCUT2D eigenvalue weighted by Gasteiger charge is -2.23. The van der Waals surface area contributed by atoms with Gasteiger partial charge in [0.25, 0.3) is 5.91 Å². The van der Waals surface area contributed by atoms with Crippen molar-refractivity contribution < 1.29 is 4.79 Å². The average molecular weight is 285 g/mol. The molecular formula is C17H23N3O. The van der Waals surface area contributed by atoms with E-state index in [9.17, 15) is 4.79 Å². The molecule has 0 bridgehead atoms. The molecule has 0 aromatic heterocycles. The molecule has 4 nitrogen and oxygen atoms in total. The fraction of sp³-hybridized carbons (Fsp3) is 0.471. The first kappa shape index (κ1) is 15.6. The van der Waals surface area contributed by atoms with Crippen molar-refractivity contribution in [3.05, 3.63) is 35.4 Å². The van der Waals surface area contributed by atoms with Gasteiger partial charge >= 0.3 is 0 Å². The van der Waals surface area contributed by atoms with E-state index >= 15 is 0 Å². The lowest BCUT2D eigenvalue weighted by atomic mass is 10.1. The van der Waals surface area contributed by atoms with E-state index in [1.165, 1.54) is 12.8 Å². The number of rotatable bonds is 4. The van der Waals surface area contributed by atoms with Gasteiger partial charge in [-0.05, 0) is 57.1 Å². The Hall–Kier alpha value is -1.83. The molecule has 1 saturated heterocycles. The SMILES string of the molecule is CC(CNC(=O)c1ccc(C#CCN)cc1)N1CCCC1. The van der Waals surface area contributed by atoms with E-state index in [1.807, 2.05) is 12.1 Å². The van der Waals surface area contributed by atoms with Gasteiger partial charge in [0.1, 0.15) is 0 Å². The number of nitrogens with two attached hydrogens (primary N) is 1. The van der Waals surface area contributed by atoms with Crippen LogP contribution in [0.15, 0.2) is 24.3 Å². The summed E-state index contributed by atoms with van der Waals surface area (Å²) in [6.45, 7) is 5.48. The monoisotopic (exact) mass is 285 g/mol. The fourth-order valence-corrected chi connectivity index (χ4v) is 2.51. The van der Waals surface area contributed by atoms with Crippen molar-refractivity contribution in [1.29, 1.82) is 0 Å². The Morgan fingerprint density at radius 3 is 2.62 bits per heavy atom. The number of hydrogen-bond donors (Lipinski definition) is 2. The Morgan fingerprint density at radius 2 is 2.00 bits per heavy atom. The summed E-state index contributed by atoms with van der Waals surface area (Å²) in [5.74, 6) is 5.71. The summed E-state index contributed by atoms with van der Waals surface area (Å²) in [6, 6.07) is 7.70. The second-order valence-electron chi connectivity index (χ2n) is 5.39. The molecular weight excluding hydrogens is 262 g/mol. The van der Waals surface area contributed by atoms with Gasteiger partial charge in [0, 0.05) is 23.7 Å². The van der Waals surface area contributed by atoms with E-state index in [-0.39, 0.29) is 5.91 Å². The third-order valence-electron chi connectivity index (χ3n) is 3.80. The van der Waals surface area contributed by atoms with Crippen LogP contribution < -0.4 is 11.1 Å². The van der Waals surface area contributed by atoms with Crippen LogP contribution in [0.1, 0.15) is 35.7 Å². The summed E-state index contributed by atoms with van der Waals surface area (Å²) in [5.41, 5.74) is 6.88. The van der Waals surface area contributed by atoms with Gasteiger partial charge in [-0.3, -0.25) is 9.69 Å². The second-order valence-corrected chi connectivity index (χ2v) is 5.39. The summed E-state index contributed by atoms with van der Waals surface area (Å²) in [4.78, 5) is 14.5. The first-order chi connectivity index (χ1) is 10.2. The second kappa shape index (κ2) is 7.82. The maximum atomic E-state index is 12.1. The number of amides is 1. The minimum atomic E-state index is -0.0284. The number of nitrogens with one attached hydrogen (secondary N) is 1. The van der Waals surface area contributed by atoms with E-state index in [0.29, 0.717) is 24.7 Å². The molecule has 3 N–H and O–H groups in total. The van der Waals surface area contributed by atoms with Gasteiger partial charge in [-0.1, -0.05) is 11.8 Å². The molecule has 1 aliphatic heterocycles. The minimum absolute atomic E-state index is 0.0284. The van der Waals surface area contributed by atoms with Crippen molar-refractivity contribution in [3.63, 3.8) is 0 Å². The van der Waals surface area contributed by atoms with Gasteiger partial charge in [0.05, 0.1) is 6.54 Å². The molecule has 0 radical (unpaired) electrons. The van der Waals surface area contributed by atoms with E-state index in [2.05, 4.69) is 29.0 Å². The number of carbonyl (C=O) groups excluding carboxylic acids is 1. The molecule has 1 aliphatic rings. The van der Waals surface area contributed by atoms with Crippen LogP contribution in [0.2, 0.25) is 0 Å². The lowest BCUT2D eigenvalue weighted by Crippen LogP contribution is -2.40. The summed E-state index contributed by atoms with van der Waals surface area (Å²) >= 11 is 0. The highest BCUT2D eigenvalue weighted by Gasteiger charge is 2.18. The van der Waals surface area contributed by atoms with E-state index in [0.717, 1.165) is 18.7 Å². The number of benzene rings is 1. The standard InChI is InChI=1S/C17H23N3O/c1-14(20-11-2-3-12-20)13-19-17(21)16-8-6-15(7-9-16)5-4-10-18/h6-9,14H,2-3,10-13,18H2,1H3,(H,19,21). The highest BCUT2D eigenvalue weighted by atomic mass is 16.1. The first-order valence-corrected chi connectivity index (χ1v) is 7.52. The first-order valence-electron chi connectivity index (χ1n) is 7.52. The fourth-order valence-electron chi connectivity index (χ4n) is 2.51. The molecule has 1 fully saturated rings. The highest BCUT2D eigenvalue weighted by molar-refractivity contribution is 5.94. The maximum absolute atomic E-state index is 12.1. The largest absolute Gasteiger partial charge is 0.350 e. The number of carbonyl (C=O) groups is 1. The quantitative estimate of drug-likeness (QED) is 0.818. The van der Waals surface area contributed by atoms with Crippen LogP contribution in [0.25, 0.3) is 0 Å². The van der Waals surface area contributed by atoms with Crippen LogP contribution in [0, 0.1) is 11.8 Å². The summed E-state index contributed by atoms with van der Waals surface area (Å²) in [7, 11) is 0. The molecule has 1 unspecified atom stereocenters.